The first-order valence-corrected chi connectivity index (χ1v) is 12.8. The second-order valence-electron chi connectivity index (χ2n) is 10.2. The van der Waals surface area contributed by atoms with Crippen LogP contribution in [-0.4, -0.2) is 81.0 Å². The molecule has 1 amide bonds. The van der Waals surface area contributed by atoms with Crippen molar-refractivity contribution in [2.45, 2.75) is 30.9 Å². The highest BCUT2D eigenvalue weighted by molar-refractivity contribution is 6.06. The highest BCUT2D eigenvalue weighted by Crippen LogP contribution is 2.36. The zero-order valence-corrected chi connectivity index (χ0v) is 21.3. The molecule has 3 aromatic rings. The van der Waals surface area contributed by atoms with Crippen LogP contribution in [0.4, 0.5) is 4.39 Å². The summed E-state index contributed by atoms with van der Waals surface area (Å²) in [5.41, 5.74) is 2.33. The maximum atomic E-state index is 14.0. The molecular weight excluding hydrogens is 501 g/mol. The largest absolute Gasteiger partial charge is 0.370 e. The van der Waals surface area contributed by atoms with E-state index in [0.29, 0.717) is 50.3 Å². The molecule has 2 aliphatic heterocycles. The molecule has 0 radical (unpaired) electrons. The lowest BCUT2D eigenvalue weighted by Gasteiger charge is -2.47. The van der Waals surface area contributed by atoms with E-state index >= 15 is 0 Å². The number of benzene rings is 2. The van der Waals surface area contributed by atoms with Gasteiger partial charge in [-0.05, 0) is 64.2 Å². The number of tetrazole rings is 1. The predicted octanol–water partition coefficient (Wildman–Crippen LogP) is 1.81. The summed E-state index contributed by atoms with van der Waals surface area (Å²) in [6, 6.07) is 10.4. The highest BCUT2D eigenvalue weighted by atomic mass is 19.1. The van der Waals surface area contributed by atoms with Crippen LogP contribution < -0.4 is 0 Å². The lowest BCUT2D eigenvalue weighted by atomic mass is 9.73. The number of carbonyl (C=O) groups is 2. The Morgan fingerprint density at radius 2 is 2.13 bits per heavy atom. The standard InChI is InChI=1S/C28H26FN7O3/c1-18-22(5-7-25(29)23(18)12-30)26-14-34-9-10-35(13-21(34)15-39-26)27(38)28(16-37)8-2-3-19-11-20(4-6-24(19)28)36-17-31-32-33-36/h2,4-8,11,16-17,21,26H,3,9-10,13-15H2,1H3/t21-,26+,28?/m1/s1. The quantitative estimate of drug-likeness (QED) is 0.287. The lowest BCUT2D eigenvalue weighted by Crippen LogP contribution is -2.62. The van der Waals surface area contributed by atoms with Crippen LogP contribution in [0.15, 0.2) is 48.8 Å². The number of halogens is 1. The van der Waals surface area contributed by atoms with Gasteiger partial charge in [0, 0.05) is 26.2 Å². The number of aldehydes is 1. The van der Waals surface area contributed by atoms with Gasteiger partial charge in [0.05, 0.1) is 30.0 Å². The molecule has 3 aliphatic rings. The van der Waals surface area contributed by atoms with Crippen molar-refractivity contribution in [3.05, 3.63) is 82.4 Å². The number of morpholine rings is 1. The fraction of sp³-hybridized carbons (Fsp3) is 0.357. The Hall–Kier alpha value is -4.27. The number of ether oxygens (including phenoxy) is 1. The van der Waals surface area contributed by atoms with Crippen molar-refractivity contribution < 1.29 is 18.7 Å². The molecule has 39 heavy (non-hydrogen) atoms. The number of aromatic nitrogens is 4. The molecule has 3 atom stereocenters. The molecule has 6 rings (SSSR count). The number of rotatable bonds is 4. The fourth-order valence-corrected chi connectivity index (χ4v) is 5.98. The summed E-state index contributed by atoms with van der Waals surface area (Å²) in [6.07, 6.45) is 6.11. The first-order chi connectivity index (χ1) is 18.9. The van der Waals surface area contributed by atoms with E-state index in [4.69, 9.17) is 4.74 Å². The van der Waals surface area contributed by atoms with Gasteiger partial charge in [0.15, 0.2) is 0 Å². The Bertz CT molecular complexity index is 1520. The van der Waals surface area contributed by atoms with Gasteiger partial charge in [0.25, 0.3) is 0 Å². The molecular formula is C28H26FN7O3. The minimum Gasteiger partial charge on any atom is -0.370 e. The third-order valence-corrected chi connectivity index (χ3v) is 8.10. The van der Waals surface area contributed by atoms with Crippen molar-refractivity contribution in [3.8, 4) is 11.8 Å². The van der Waals surface area contributed by atoms with Gasteiger partial charge in [0.2, 0.25) is 5.91 Å². The first-order valence-electron chi connectivity index (χ1n) is 12.8. The highest BCUT2D eigenvalue weighted by Gasteiger charge is 2.46. The maximum absolute atomic E-state index is 14.0. The van der Waals surface area contributed by atoms with Gasteiger partial charge >= 0.3 is 0 Å². The van der Waals surface area contributed by atoms with Gasteiger partial charge in [-0.3, -0.25) is 9.69 Å². The number of amides is 1. The van der Waals surface area contributed by atoms with E-state index in [1.54, 1.807) is 24.0 Å². The van der Waals surface area contributed by atoms with Crippen LogP contribution in [0.2, 0.25) is 0 Å². The SMILES string of the molecule is Cc1c([C@@H]2CN3CCN(C(=O)C4(C=O)C=CCc5cc(-n6cnnn6)ccc54)C[C@@H]3CO2)ccc(F)c1C#N. The molecule has 0 saturated carbocycles. The minimum atomic E-state index is -1.40. The zero-order chi connectivity index (χ0) is 27.1. The van der Waals surface area contributed by atoms with Crippen LogP contribution in [0.3, 0.4) is 0 Å². The molecule has 0 spiro atoms. The van der Waals surface area contributed by atoms with Crippen LogP contribution >= 0.6 is 0 Å². The van der Waals surface area contributed by atoms with Gasteiger partial charge in [-0.15, -0.1) is 5.10 Å². The minimum absolute atomic E-state index is 0.0342. The van der Waals surface area contributed by atoms with Gasteiger partial charge < -0.3 is 14.4 Å². The third kappa shape index (κ3) is 4.13. The number of hydrogen-bond donors (Lipinski definition) is 0. The van der Waals surface area contributed by atoms with Crippen molar-refractivity contribution in [1.29, 1.82) is 5.26 Å². The Balaban J connectivity index is 1.20. The van der Waals surface area contributed by atoms with E-state index in [0.717, 1.165) is 23.1 Å². The van der Waals surface area contributed by atoms with E-state index in [-0.39, 0.29) is 23.6 Å². The molecule has 2 fully saturated rings. The first kappa shape index (κ1) is 25.0. The molecule has 1 aromatic heterocycles. The van der Waals surface area contributed by atoms with Crippen molar-refractivity contribution in [1.82, 2.24) is 30.0 Å². The number of allylic oxidation sites excluding steroid dienone is 1. The van der Waals surface area contributed by atoms with Gasteiger partial charge in [-0.25, -0.2) is 9.07 Å². The summed E-state index contributed by atoms with van der Waals surface area (Å²) in [7, 11) is 0. The van der Waals surface area contributed by atoms with Gasteiger partial charge in [0.1, 0.15) is 29.9 Å². The smallest absolute Gasteiger partial charge is 0.244 e. The van der Waals surface area contributed by atoms with Crippen LogP contribution in [0, 0.1) is 24.1 Å². The maximum Gasteiger partial charge on any atom is 0.244 e. The Kier molecular flexibility index (Phi) is 6.29. The number of fused-ring (bicyclic) bond motifs is 2. The second-order valence-corrected chi connectivity index (χ2v) is 10.2. The average Bonchev–Trinajstić information content (AvgIpc) is 3.51. The normalized spacial score (nSPS) is 24.5. The molecule has 2 saturated heterocycles. The summed E-state index contributed by atoms with van der Waals surface area (Å²) >= 11 is 0. The molecule has 198 valence electrons. The predicted molar refractivity (Wildman–Crippen MR) is 136 cm³/mol. The molecule has 10 nitrogen and oxygen atoms in total. The van der Waals surface area contributed by atoms with E-state index in [9.17, 15) is 19.2 Å². The van der Waals surface area contributed by atoms with Crippen LogP contribution in [-0.2, 0) is 26.2 Å². The van der Waals surface area contributed by atoms with Gasteiger partial charge in [-0.1, -0.05) is 24.3 Å². The summed E-state index contributed by atoms with van der Waals surface area (Å²) in [5, 5.41) is 20.6. The van der Waals surface area contributed by atoms with Crippen LogP contribution in [0.5, 0.6) is 0 Å². The van der Waals surface area contributed by atoms with Crippen molar-refractivity contribution in [3.63, 3.8) is 0 Å². The topological polar surface area (TPSA) is 117 Å². The van der Waals surface area contributed by atoms with Crippen LogP contribution in [0.1, 0.15) is 33.9 Å². The Labute approximate surface area is 224 Å². The van der Waals surface area contributed by atoms with E-state index in [1.807, 2.05) is 30.3 Å². The third-order valence-electron chi connectivity index (χ3n) is 8.10. The van der Waals surface area contributed by atoms with Gasteiger partial charge in [-0.2, -0.15) is 5.26 Å². The van der Waals surface area contributed by atoms with Crippen molar-refractivity contribution in [2.24, 2.45) is 0 Å². The fourth-order valence-electron chi connectivity index (χ4n) is 5.98. The monoisotopic (exact) mass is 527 g/mol. The van der Waals surface area contributed by atoms with Crippen LogP contribution in [0.25, 0.3) is 5.69 Å². The number of piperazine rings is 1. The lowest BCUT2D eigenvalue weighted by molar-refractivity contribution is -0.145. The van der Waals surface area contributed by atoms with E-state index in [2.05, 4.69) is 20.4 Å². The molecule has 2 aromatic carbocycles. The Morgan fingerprint density at radius 1 is 1.26 bits per heavy atom. The Morgan fingerprint density at radius 3 is 2.90 bits per heavy atom. The molecule has 0 N–H and O–H groups in total. The summed E-state index contributed by atoms with van der Waals surface area (Å²) in [5.74, 6) is -0.784. The summed E-state index contributed by atoms with van der Waals surface area (Å²) in [4.78, 5) is 30.6. The summed E-state index contributed by atoms with van der Waals surface area (Å²) < 4.78 is 21.7. The second kappa shape index (κ2) is 9.80. The van der Waals surface area contributed by atoms with E-state index < -0.39 is 11.2 Å². The average molecular weight is 528 g/mol. The number of nitrogens with zero attached hydrogens (tertiary/aromatic N) is 7. The molecule has 1 aliphatic carbocycles. The zero-order valence-electron chi connectivity index (χ0n) is 21.3. The number of carbonyl (C=O) groups excluding carboxylic acids is 2. The molecule has 1 unspecified atom stereocenters. The number of hydrogen-bond acceptors (Lipinski definition) is 8. The number of nitriles is 1. The van der Waals surface area contributed by atoms with E-state index in [1.165, 1.54) is 17.1 Å². The molecule has 11 heteroatoms. The summed E-state index contributed by atoms with van der Waals surface area (Å²) in [6.45, 7) is 4.21. The molecule has 0 bridgehead atoms. The van der Waals surface area contributed by atoms with Crippen molar-refractivity contribution in [2.75, 3.05) is 32.8 Å². The van der Waals surface area contributed by atoms with Crippen molar-refractivity contribution >= 4 is 12.2 Å². The molecule has 3 heterocycles.